The van der Waals surface area contributed by atoms with Gasteiger partial charge in [0.15, 0.2) is 0 Å². The molecule has 0 spiro atoms. The maximum Gasteiger partial charge on any atom is 0.317 e. The Bertz CT molecular complexity index is 581. The van der Waals surface area contributed by atoms with Gasteiger partial charge in [0.05, 0.1) is 12.3 Å². The van der Waals surface area contributed by atoms with Crippen LogP contribution in [0.3, 0.4) is 0 Å². The Morgan fingerprint density at radius 1 is 1.11 bits per heavy atom. The normalized spacial score (nSPS) is 19.1. The standard InChI is InChI=1S/C13H20O3.C12H24/c1-8(2)6-10(13(3,4)5)9-7-11(14)16-12(9)15;1-7-12(5,6)9-8-11(4)10(2)3/h6,9-10H,7H2,1-5H3;8,10H,7,9H2,1-6H3/b;11-8+. The number of rotatable bonds is 6. The van der Waals surface area contributed by atoms with Crippen molar-refractivity contribution in [3.05, 3.63) is 23.3 Å². The van der Waals surface area contributed by atoms with Crippen LogP contribution in [-0.2, 0) is 14.3 Å². The molecule has 0 saturated carbocycles. The molecular weight excluding hydrogens is 348 g/mol. The Morgan fingerprint density at radius 2 is 1.64 bits per heavy atom. The lowest BCUT2D eigenvalue weighted by atomic mass is 9.72. The van der Waals surface area contributed by atoms with Gasteiger partial charge in [-0.2, -0.15) is 0 Å². The fraction of sp³-hybridized carbons (Fsp3) is 0.760. The molecule has 0 amide bonds. The molecule has 0 aromatic carbocycles. The van der Waals surface area contributed by atoms with Crippen molar-refractivity contribution < 1.29 is 14.3 Å². The number of cyclic esters (lactones) is 2. The second kappa shape index (κ2) is 11.0. The van der Waals surface area contributed by atoms with Crippen molar-refractivity contribution in [2.75, 3.05) is 0 Å². The van der Waals surface area contributed by atoms with Gasteiger partial charge in [0.25, 0.3) is 0 Å². The highest BCUT2D eigenvalue weighted by Gasteiger charge is 2.42. The van der Waals surface area contributed by atoms with Crippen molar-refractivity contribution in [2.45, 2.75) is 95.4 Å². The van der Waals surface area contributed by atoms with Gasteiger partial charge in [0.2, 0.25) is 0 Å². The van der Waals surface area contributed by atoms with Crippen LogP contribution in [0.1, 0.15) is 95.4 Å². The third kappa shape index (κ3) is 9.71. The maximum atomic E-state index is 11.6. The van der Waals surface area contributed by atoms with Crippen molar-refractivity contribution in [3.8, 4) is 0 Å². The van der Waals surface area contributed by atoms with Gasteiger partial charge in [0, 0.05) is 0 Å². The summed E-state index contributed by atoms with van der Waals surface area (Å²) in [5, 5.41) is 0. The quantitative estimate of drug-likeness (QED) is 0.274. The van der Waals surface area contributed by atoms with Crippen LogP contribution >= 0.6 is 0 Å². The van der Waals surface area contributed by atoms with Gasteiger partial charge in [-0.05, 0) is 49.9 Å². The van der Waals surface area contributed by atoms with Crippen LogP contribution in [0.4, 0.5) is 0 Å². The molecule has 1 heterocycles. The number of carbonyl (C=O) groups excluding carboxylic acids is 2. The lowest BCUT2D eigenvalue weighted by Crippen LogP contribution is -2.29. The third-order valence-electron chi connectivity index (χ3n) is 5.69. The molecule has 3 heteroatoms. The smallest absolute Gasteiger partial charge is 0.317 e. The zero-order valence-electron chi connectivity index (χ0n) is 20.2. The van der Waals surface area contributed by atoms with Crippen LogP contribution in [0, 0.1) is 28.6 Å². The molecule has 1 rings (SSSR count). The Morgan fingerprint density at radius 3 is 1.96 bits per heavy atom. The van der Waals surface area contributed by atoms with Crippen molar-refractivity contribution in [2.24, 2.45) is 28.6 Å². The van der Waals surface area contributed by atoms with E-state index in [9.17, 15) is 9.59 Å². The van der Waals surface area contributed by atoms with E-state index in [1.54, 1.807) is 0 Å². The van der Waals surface area contributed by atoms with Crippen molar-refractivity contribution in [1.29, 1.82) is 0 Å². The predicted octanol–water partition coefficient (Wildman–Crippen LogP) is 7.12. The first kappa shape index (κ1) is 26.6. The Hall–Kier alpha value is -1.38. The molecule has 28 heavy (non-hydrogen) atoms. The van der Waals surface area contributed by atoms with Crippen LogP contribution in [0.25, 0.3) is 0 Å². The summed E-state index contributed by atoms with van der Waals surface area (Å²) in [5.74, 6) is -0.328. The zero-order valence-corrected chi connectivity index (χ0v) is 20.2. The van der Waals surface area contributed by atoms with E-state index in [4.69, 9.17) is 0 Å². The summed E-state index contributed by atoms with van der Waals surface area (Å²) in [6, 6.07) is 0. The highest BCUT2D eigenvalue weighted by Crippen LogP contribution is 2.38. The molecule has 2 unspecified atom stereocenters. The summed E-state index contributed by atoms with van der Waals surface area (Å²) in [7, 11) is 0. The van der Waals surface area contributed by atoms with Gasteiger partial charge in [-0.25, -0.2) is 0 Å². The minimum atomic E-state index is -0.397. The van der Waals surface area contributed by atoms with Crippen molar-refractivity contribution in [1.82, 2.24) is 0 Å². The first-order chi connectivity index (χ1) is 12.6. The average Bonchev–Trinajstić information content (AvgIpc) is 2.87. The van der Waals surface area contributed by atoms with Crippen LogP contribution < -0.4 is 0 Å². The number of hydrogen-bond acceptors (Lipinski definition) is 3. The number of hydrogen-bond donors (Lipinski definition) is 0. The monoisotopic (exact) mass is 392 g/mol. The molecular formula is C25H44O3. The lowest BCUT2D eigenvalue weighted by molar-refractivity contribution is -0.153. The first-order valence-electron chi connectivity index (χ1n) is 10.7. The van der Waals surface area contributed by atoms with Crippen LogP contribution in [0.2, 0.25) is 0 Å². The van der Waals surface area contributed by atoms with E-state index < -0.39 is 5.97 Å². The summed E-state index contributed by atoms with van der Waals surface area (Å²) in [6.07, 6.45) is 7.16. The van der Waals surface area contributed by atoms with E-state index in [1.165, 1.54) is 18.4 Å². The largest absolute Gasteiger partial charge is 0.393 e. The summed E-state index contributed by atoms with van der Waals surface area (Å²) in [5.41, 5.74) is 3.12. The Labute approximate surface area is 174 Å². The molecule has 0 bridgehead atoms. The van der Waals surface area contributed by atoms with Crippen LogP contribution in [-0.4, -0.2) is 11.9 Å². The zero-order chi connectivity index (χ0) is 22.3. The minimum absolute atomic E-state index is 0.0500. The summed E-state index contributed by atoms with van der Waals surface area (Å²) < 4.78 is 4.62. The van der Waals surface area contributed by atoms with Crippen LogP contribution in [0.5, 0.6) is 0 Å². The SMILES string of the molecule is CC(C)=CC(C1CC(=O)OC1=O)C(C)(C)C.CCC(C)(C)C/C=C(\C)C(C)C. The Balaban J connectivity index is 0.000000546. The molecule has 3 nitrogen and oxygen atoms in total. The number of ether oxygens (including phenoxy) is 1. The lowest BCUT2D eigenvalue weighted by Gasteiger charge is -2.31. The Kier molecular flexibility index (Phi) is 10.4. The van der Waals surface area contributed by atoms with E-state index >= 15 is 0 Å². The van der Waals surface area contributed by atoms with E-state index in [2.05, 4.69) is 79.2 Å². The van der Waals surface area contributed by atoms with Crippen LogP contribution in [0.15, 0.2) is 23.3 Å². The van der Waals surface area contributed by atoms with E-state index in [-0.39, 0.29) is 29.6 Å². The fourth-order valence-electron chi connectivity index (χ4n) is 2.91. The molecule has 0 aliphatic carbocycles. The third-order valence-corrected chi connectivity index (χ3v) is 5.69. The molecule has 1 aliphatic heterocycles. The van der Waals surface area contributed by atoms with Gasteiger partial charge in [0.1, 0.15) is 0 Å². The highest BCUT2D eigenvalue weighted by atomic mass is 16.6. The minimum Gasteiger partial charge on any atom is -0.393 e. The molecule has 0 aromatic heterocycles. The van der Waals surface area contributed by atoms with Gasteiger partial charge < -0.3 is 4.74 Å². The highest BCUT2D eigenvalue weighted by molar-refractivity contribution is 5.95. The summed E-state index contributed by atoms with van der Waals surface area (Å²) in [6.45, 7) is 23.9. The number of carbonyl (C=O) groups is 2. The second-order valence-electron chi connectivity index (χ2n) is 10.6. The fourth-order valence-corrected chi connectivity index (χ4v) is 2.91. The molecule has 1 aliphatic rings. The van der Waals surface area contributed by atoms with E-state index in [1.807, 2.05) is 13.8 Å². The predicted molar refractivity (Wildman–Crippen MR) is 119 cm³/mol. The molecule has 2 atom stereocenters. The molecule has 162 valence electrons. The van der Waals surface area contributed by atoms with Gasteiger partial charge in [-0.15, -0.1) is 0 Å². The summed E-state index contributed by atoms with van der Waals surface area (Å²) in [4.78, 5) is 22.7. The average molecular weight is 393 g/mol. The molecule has 1 fully saturated rings. The first-order valence-corrected chi connectivity index (χ1v) is 10.7. The van der Waals surface area contributed by atoms with Crippen molar-refractivity contribution in [3.63, 3.8) is 0 Å². The number of allylic oxidation sites excluding steroid dienone is 4. The maximum absolute atomic E-state index is 11.6. The molecule has 0 aromatic rings. The van der Waals surface area contributed by atoms with Gasteiger partial charge in [-0.1, -0.05) is 85.1 Å². The van der Waals surface area contributed by atoms with Gasteiger partial charge >= 0.3 is 11.9 Å². The van der Waals surface area contributed by atoms with Crippen molar-refractivity contribution >= 4 is 11.9 Å². The summed E-state index contributed by atoms with van der Waals surface area (Å²) >= 11 is 0. The second-order valence-corrected chi connectivity index (χ2v) is 10.6. The van der Waals surface area contributed by atoms with Gasteiger partial charge in [-0.3, -0.25) is 9.59 Å². The van der Waals surface area contributed by atoms with E-state index in [0.29, 0.717) is 11.3 Å². The molecule has 0 radical (unpaired) electrons. The molecule has 0 N–H and O–H groups in total. The van der Waals surface area contributed by atoms with E-state index in [0.717, 1.165) is 5.57 Å². The topological polar surface area (TPSA) is 43.4 Å². The number of esters is 2. The molecule has 1 saturated heterocycles.